The minimum absolute atomic E-state index is 0.159. The van der Waals surface area contributed by atoms with Crippen molar-refractivity contribution < 1.29 is 9.53 Å². The molecule has 0 aliphatic rings. The van der Waals surface area contributed by atoms with E-state index in [4.69, 9.17) is 4.74 Å². The standard InChI is InChI=1S/C20H27N3O2/c1-20(2,3)10-12-22-19(24)23-14-17-9-11-21-18(13-17)25-15-16-7-5-4-6-8-16/h4-9,11,13H,10,12,14-15H2,1-3H3,(H2,22,23,24). The predicted molar refractivity (Wildman–Crippen MR) is 99.3 cm³/mol. The summed E-state index contributed by atoms with van der Waals surface area (Å²) in [7, 11) is 0. The molecule has 0 fully saturated rings. The van der Waals surface area contributed by atoms with Gasteiger partial charge in [0.2, 0.25) is 5.88 Å². The Morgan fingerprint density at radius 3 is 2.56 bits per heavy atom. The molecule has 0 unspecified atom stereocenters. The van der Waals surface area contributed by atoms with E-state index in [1.165, 1.54) is 0 Å². The topological polar surface area (TPSA) is 63.2 Å². The maximum atomic E-state index is 11.8. The largest absolute Gasteiger partial charge is 0.473 e. The highest BCUT2D eigenvalue weighted by molar-refractivity contribution is 5.73. The van der Waals surface area contributed by atoms with Crippen LogP contribution < -0.4 is 15.4 Å². The molecule has 0 bridgehead atoms. The number of rotatable bonds is 7. The van der Waals surface area contributed by atoms with E-state index in [0.717, 1.165) is 17.5 Å². The van der Waals surface area contributed by atoms with E-state index < -0.39 is 0 Å². The van der Waals surface area contributed by atoms with Gasteiger partial charge in [-0.05, 0) is 29.0 Å². The Balaban J connectivity index is 1.76. The summed E-state index contributed by atoms with van der Waals surface area (Å²) in [5.74, 6) is 0.552. The first-order valence-electron chi connectivity index (χ1n) is 8.56. The summed E-state index contributed by atoms with van der Waals surface area (Å²) >= 11 is 0. The molecule has 2 N–H and O–H groups in total. The average molecular weight is 341 g/mol. The first-order chi connectivity index (χ1) is 11.9. The highest BCUT2D eigenvalue weighted by Crippen LogP contribution is 2.16. The number of hydrogen-bond acceptors (Lipinski definition) is 3. The second-order valence-corrected chi connectivity index (χ2v) is 7.20. The van der Waals surface area contributed by atoms with Crippen molar-refractivity contribution in [2.45, 2.75) is 40.3 Å². The van der Waals surface area contributed by atoms with Gasteiger partial charge in [-0.2, -0.15) is 0 Å². The van der Waals surface area contributed by atoms with Gasteiger partial charge in [0.15, 0.2) is 0 Å². The lowest BCUT2D eigenvalue weighted by Gasteiger charge is -2.18. The van der Waals surface area contributed by atoms with Gasteiger partial charge in [-0.15, -0.1) is 0 Å². The second kappa shape index (κ2) is 9.06. The number of ether oxygens (including phenoxy) is 1. The van der Waals surface area contributed by atoms with E-state index in [0.29, 0.717) is 25.6 Å². The number of urea groups is 1. The quantitative estimate of drug-likeness (QED) is 0.803. The Labute approximate surface area is 149 Å². The van der Waals surface area contributed by atoms with Crippen LogP contribution in [0.25, 0.3) is 0 Å². The molecule has 5 heteroatoms. The van der Waals surface area contributed by atoms with Gasteiger partial charge in [0, 0.05) is 25.4 Å². The molecular weight excluding hydrogens is 314 g/mol. The molecule has 0 aliphatic heterocycles. The van der Waals surface area contributed by atoms with Crippen LogP contribution in [0.4, 0.5) is 4.79 Å². The first-order valence-corrected chi connectivity index (χ1v) is 8.56. The minimum Gasteiger partial charge on any atom is -0.473 e. The Hall–Kier alpha value is -2.56. The van der Waals surface area contributed by atoms with Crippen LogP contribution in [0.3, 0.4) is 0 Å². The summed E-state index contributed by atoms with van der Waals surface area (Å²) in [4.78, 5) is 16.0. The van der Waals surface area contributed by atoms with Crippen molar-refractivity contribution in [2.24, 2.45) is 5.41 Å². The number of nitrogens with zero attached hydrogens (tertiary/aromatic N) is 1. The number of amides is 2. The summed E-state index contributed by atoms with van der Waals surface area (Å²) in [6.45, 7) is 8.03. The SMILES string of the molecule is CC(C)(C)CCNC(=O)NCc1ccnc(OCc2ccccc2)c1. The van der Waals surface area contributed by atoms with Crippen LogP contribution in [0.5, 0.6) is 5.88 Å². The van der Waals surface area contributed by atoms with Crippen LogP contribution in [-0.2, 0) is 13.2 Å². The van der Waals surface area contributed by atoms with Crippen molar-refractivity contribution in [3.63, 3.8) is 0 Å². The van der Waals surface area contributed by atoms with E-state index in [2.05, 4.69) is 36.4 Å². The Morgan fingerprint density at radius 2 is 1.84 bits per heavy atom. The van der Waals surface area contributed by atoms with Gasteiger partial charge in [0.1, 0.15) is 6.61 Å². The van der Waals surface area contributed by atoms with Gasteiger partial charge in [0.25, 0.3) is 0 Å². The van der Waals surface area contributed by atoms with E-state index in [1.807, 2.05) is 42.5 Å². The fourth-order valence-electron chi connectivity index (χ4n) is 2.17. The molecule has 0 saturated carbocycles. The molecule has 1 heterocycles. The molecule has 25 heavy (non-hydrogen) atoms. The highest BCUT2D eigenvalue weighted by atomic mass is 16.5. The van der Waals surface area contributed by atoms with Gasteiger partial charge in [0.05, 0.1) is 0 Å². The normalized spacial score (nSPS) is 11.0. The molecule has 1 aromatic carbocycles. The van der Waals surface area contributed by atoms with Crippen LogP contribution >= 0.6 is 0 Å². The lowest BCUT2D eigenvalue weighted by Crippen LogP contribution is -2.36. The summed E-state index contributed by atoms with van der Waals surface area (Å²) in [6, 6.07) is 13.5. The Kier molecular flexibility index (Phi) is 6.81. The molecule has 134 valence electrons. The smallest absolute Gasteiger partial charge is 0.315 e. The zero-order valence-corrected chi connectivity index (χ0v) is 15.2. The first kappa shape index (κ1) is 18.8. The zero-order valence-electron chi connectivity index (χ0n) is 15.2. The third-order valence-corrected chi connectivity index (χ3v) is 3.64. The monoisotopic (exact) mass is 341 g/mol. The Bertz CT molecular complexity index is 666. The second-order valence-electron chi connectivity index (χ2n) is 7.20. The molecular formula is C20H27N3O2. The van der Waals surface area contributed by atoms with Crippen molar-refractivity contribution in [3.05, 3.63) is 59.8 Å². The van der Waals surface area contributed by atoms with Crippen molar-refractivity contribution in [1.82, 2.24) is 15.6 Å². The van der Waals surface area contributed by atoms with Gasteiger partial charge in [-0.25, -0.2) is 9.78 Å². The number of aromatic nitrogens is 1. The average Bonchev–Trinajstić information content (AvgIpc) is 2.58. The number of hydrogen-bond donors (Lipinski definition) is 2. The van der Waals surface area contributed by atoms with Crippen molar-refractivity contribution in [1.29, 1.82) is 0 Å². The lowest BCUT2D eigenvalue weighted by atomic mass is 9.92. The molecule has 0 aliphatic carbocycles. The number of nitrogens with one attached hydrogen (secondary N) is 2. The van der Waals surface area contributed by atoms with E-state index in [1.54, 1.807) is 6.20 Å². The third-order valence-electron chi connectivity index (χ3n) is 3.64. The molecule has 1 aromatic heterocycles. The minimum atomic E-state index is -0.159. The summed E-state index contributed by atoms with van der Waals surface area (Å²) in [6.07, 6.45) is 2.63. The number of pyridine rings is 1. The van der Waals surface area contributed by atoms with Gasteiger partial charge >= 0.3 is 6.03 Å². The fourth-order valence-corrected chi connectivity index (χ4v) is 2.17. The predicted octanol–water partition coefficient (Wildman–Crippen LogP) is 3.90. The molecule has 0 radical (unpaired) electrons. The van der Waals surface area contributed by atoms with Crippen molar-refractivity contribution >= 4 is 6.03 Å². The molecule has 0 spiro atoms. The molecule has 2 aromatic rings. The molecule has 5 nitrogen and oxygen atoms in total. The summed E-state index contributed by atoms with van der Waals surface area (Å²) < 4.78 is 5.70. The number of carbonyl (C=O) groups is 1. The highest BCUT2D eigenvalue weighted by Gasteiger charge is 2.10. The molecule has 0 atom stereocenters. The number of benzene rings is 1. The molecule has 2 rings (SSSR count). The van der Waals surface area contributed by atoms with Crippen LogP contribution in [0.1, 0.15) is 38.3 Å². The third kappa shape index (κ3) is 7.70. The van der Waals surface area contributed by atoms with Crippen LogP contribution in [0.15, 0.2) is 48.7 Å². The summed E-state index contributed by atoms with van der Waals surface area (Å²) in [5.41, 5.74) is 2.25. The fraction of sp³-hybridized carbons (Fsp3) is 0.400. The maximum absolute atomic E-state index is 11.8. The van der Waals surface area contributed by atoms with Gasteiger partial charge in [-0.3, -0.25) is 0 Å². The Morgan fingerprint density at radius 1 is 1.08 bits per heavy atom. The lowest BCUT2D eigenvalue weighted by molar-refractivity contribution is 0.238. The molecule has 2 amide bonds. The van der Waals surface area contributed by atoms with E-state index >= 15 is 0 Å². The van der Waals surface area contributed by atoms with Crippen LogP contribution in [0.2, 0.25) is 0 Å². The van der Waals surface area contributed by atoms with Gasteiger partial charge in [-0.1, -0.05) is 51.1 Å². The van der Waals surface area contributed by atoms with Gasteiger partial charge < -0.3 is 15.4 Å². The van der Waals surface area contributed by atoms with Crippen LogP contribution in [-0.4, -0.2) is 17.6 Å². The number of carbonyl (C=O) groups excluding carboxylic acids is 1. The van der Waals surface area contributed by atoms with Crippen molar-refractivity contribution in [2.75, 3.05) is 6.54 Å². The maximum Gasteiger partial charge on any atom is 0.315 e. The molecule has 0 saturated heterocycles. The van der Waals surface area contributed by atoms with E-state index in [-0.39, 0.29) is 11.4 Å². The van der Waals surface area contributed by atoms with E-state index in [9.17, 15) is 4.79 Å². The summed E-state index contributed by atoms with van der Waals surface area (Å²) in [5, 5.41) is 5.73. The van der Waals surface area contributed by atoms with Crippen LogP contribution in [0, 0.1) is 5.41 Å². The zero-order chi connectivity index (χ0) is 18.1. The van der Waals surface area contributed by atoms with Crippen molar-refractivity contribution in [3.8, 4) is 5.88 Å².